The fourth-order valence-electron chi connectivity index (χ4n) is 1.58. The summed E-state index contributed by atoms with van der Waals surface area (Å²) in [6.07, 6.45) is 3.71. The van der Waals surface area contributed by atoms with Crippen molar-refractivity contribution in [3.8, 4) is 5.75 Å². The number of aryl methyl sites for hydroxylation is 1. The summed E-state index contributed by atoms with van der Waals surface area (Å²) in [5.74, 6) is 0.696. The maximum atomic E-state index is 12.2. The lowest BCUT2D eigenvalue weighted by Crippen LogP contribution is -3.00. The first-order valence-corrected chi connectivity index (χ1v) is 5.35. The number of ketones is 1. The van der Waals surface area contributed by atoms with Gasteiger partial charge in [0.1, 0.15) is 12.8 Å². The molecule has 1 aromatic carbocycles. The van der Waals surface area contributed by atoms with Gasteiger partial charge in [-0.3, -0.25) is 4.79 Å². The van der Waals surface area contributed by atoms with Gasteiger partial charge in [-0.05, 0) is 12.1 Å². The van der Waals surface area contributed by atoms with E-state index in [-0.39, 0.29) is 29.8 Å². The molecule has 0 aliphatic heterocycles. The molecule has 4 heteroatoms. The largest absolute Gasteiger partial charge is 1.00 e. The van der Waals surface area contributed by atoms with E-state index >= 15 is 0 Å². The van der Waals surface area contributed by atoms with Crippen LogP contribution >= 0.6 is 0 Å². The molecular weight excluding hydrogens is 341 g/mol. The third kappa shape index (κ3) is 3.29. The lowest BCUT2D eigenvalue weighted by molar-refractivity contribution is -0.671. The Balaban J connectivity index is 0.00000162. The molecule has 0 aliphatic carbocycles. The minimum Gasteiger partial charge on any atom is -1.00 e. The van der Waals surface area contributed by atoms with Crippen molar-refractivity contribution in [2.75, 3.05) is 7.11 Å². The summed E-state index contributed by atoms with van der Waals surface area (Å²) < 4.78 is 6.99. The van der Waals surface area contributed by atoms with E-state index in [2.05, 4.69) is 0 Å². The number of benzene rings is 1. The van der Waals surface area contributed by atoms with Crippen molar-refractivity contribution in [2.24, 2.45) is 7.05 Å². The fourth-order valence-corrected chi connectivity index (χ4v) is 1.58. The highest BCUT2D eigenvalue weighted by molar-refractivity contribution is 6.09. The summed E-state index contributed by atoms with van der Waals surface area (Å²) in [4.78, 5) is 12.2. The standard InChI is InChI=1S/C14H14NO2.HI/c1-15-8-6-11(7-9-15)14(16)12-4-3-5-13(10-12)17-2;/h3-10H,1-2H3;1H/q+1;/p-1. The second-order valence-electron chi connectivity index (χ2n) is 3.81. The van der Waals surface area contributed by atoms with E-state index in [4.69, 9.17) is 4.74 Å². The van der Waals surface area contributed by atoms with Crippen LogP contribution in [-0.4, -0.2) is 12.9 Å². The normalized spacial score (nSPS) is 9.44. The second-order valence-corrected chi connectivity index (χ2v) is 3.81. The molecule has 0 unspecified atom stereocenters. The molecule has 1 aromatic heterocycles. The number of rotatable bonds is 3. The summed E-state index contributed by atoms with van der Waals surface area (Å²) in [5, 5.41) is 0. The van der Waals surface area contributed by atoms with E-state index < -0.39 is 0 Å². The van der Waals surface area contributed by atoms with E-state index in [1.165, 1.54) is 0 Å². The number of hydrogen-bond donors (Lipinski definition) is 0. The number of nitrogens with zero attached hydrogens (tertiary/aromatic N) is 1. The summed E-state index contributed by atoms with van der Waals surface area (Å²) in [6.45, 7) is 0. The van der Waals surface area contributed by atoms with Crippen molar-refractivity contribution in [1.29, 1.82) is 0 Å². The molecule has 0 aliphatic rings. The van der Waals surface area contributed by atoms with Crippen molar-refractivity contribution in [3.63, 3.8) is 0 Å². The van der Waals surface area contributed by atoms with E-state index in [1.54, 1.807) is 19.2 Å². The van der Waals surface area contributed by atoms with E-state index in [1.807, 2.05) is 48.3 Å². The first-order valence-electron chi connectivity index (χ1n) is 5.35. The van der Waals surface area contributed by atoms with Crippen LogP contribution in [0.3, 0.4) is 0 Å². The Labute approximate surface area is 123 Å². The summed E-state index contributed by atoms with van der Waals surface area (Å²) >= 11 is 0. The highest BCUT2D eigenvalue weighted by atomic mass is 127. The average Bonchev–Trinajstić information content (AvgIpc) is 2.39. The first-order chi connectivity index (χ1) is 8.20. The molecule has 0 N–H and O–H groups in total. The highest BCUT2D eigenvalue weighted by Gasteiger charge is 2.10. The number of carbonyl (C=O) groups excluding carboxylic acids is 1. The fraction of sp³-hybridized carbons (Fsp3) is 0.143. The Hall–Kier alpha value is -1.43. The Kier molecular flexibility index (Phi) is 5.27. The minimum absolute atomic E-state index is 0. The maximum absolute atomic E-state index is 12.2. The number of hydrogen-bond acceptors (Lipinski definition) is 2. The van der Waals surface area contributed by atoms with Gasteiger partial charge in [-0.25, -0.2) is 4.57 Å². The van der Waals surface area contributed by atoms with Crippen LogP contribution in [0.2, 0.25) is 0 Å². The molecule has 0 spiro atoms. The van der Waals surface area contributed by atoms with Crippen LogP contribution < -0.4 is 33.3 Å². The van der Waals surface area contributed by atoms with Gasteiger partial charge >= 0.3 is 0 Å². The smallest absolute Gasteiger partial charge is 0.193 e. The first kappa shape index (κ1) is 14.6. The SMILES string of the molecule is COc1cccc(C(=O)c2cc[n+](C)cc2)c1.[I-]. The number of halogens is 1. The molecular formula is C14H14INO2. The van der Waals surface area contributed by atoms with Crippen molar-refractivity contribution in [1.82, 2.24) is 0 Å². The number of carbonyl (C=O) groups is 1. The molecule has 0 amide bonds. The third-order valence-electron chi connectivity index (χ3n) is 2.57. The molecule has 18 heavy (non-hydrogen) atoms. The van der Waals surface area contributed by atoms with Gasteiger partial charge in [-0.1, -0.05) is 12.1 Å². The van der Waals surface area contributed by atoms with Crippen molar-refractivity contribution >= 4 is 5.78 Å². The van der Waals surface area contributed by atoms with Crippen LogP contribution in [0.4, 0.5) is 0 Å². The topological polar surface area (TPSA) is 30.2 Å². The molecule has 0 saturated heterocycles. The second kappa shape index (κ2) is 6.49. The van der Waals surface area contributed by atoms with E-state index in [0.29, 0.717) is 16.9 Å². The molecule has 94 valence electrons. The lowest BCUT2D eigenvalue weighted by atomic mass is 10.0. The van der Waals surface area contributed by atoms with Crippen LogP contribution in [0.1, 0.15) is 15.9 Å². The van der Waals surface area contributed by atoms with Gasteiger partial charge in [0, 0.05) is 23.3 Å². The minimum atomic E-state index is 0. The molecule has 0 atom stereocenters. The number of methoxy groups -OCH3 is 1. The lowest BCUT2D eigenvalue weighted by Gasteiger charge is -2.03. The molecule has 0 saturated carbocycles. The summed E-state index contributed by atoms with van der Waals surface area (Å²) in [5.41, 5.74) is 1.31. The quantitative estimate of drug-likeness (QED) is 0.392. The van der Waals surface area contributed by atoms with Crippen molar-refractivity contribution in [3.05, 3.63) is 59.9 Å². The monoisotopic (exact) mass is 355 g/mol. The molecule has 0 fully saturated rings. The van der Waals surface area contributed by atoms with Crippen LogP contribution in [0.5, 0.6) is 5.75 Å². The zero-order chi connectivity index (χ0) is 12.3. The summed E-state index contributed by atoms with van der Waals surface area (Å²) in [7, 11) is 3.51. The van der Waals surface area contributed by atoms with Gasteiger partial charge in [0.25, 0.3) is 0 Å². The van der Waals surface area contributed by atoms with Crippen molar-refractivity contribution in [2.45, 2.75) is 0 Å². The van der Waals surface area contributed by atoms with E-state index in [0.717, 1.165) is 0 Å². The van der Waals surface area contributed by atoms with Crippen LogP contribution in [0.15, 0.2) is 48.8 Å². The van der Waals surface area contributed by atoms with Gasteiger partial charge in [0.15, 0.2) is 18.2 Å². The van der Waals surface area contributed by atoms with Crippen LogP contribution in [0.25, 0.3) is 0 Å². The Bertz CT molecular complexity index is 538. The molecule has 2 rings (SSSR count). The molecule has 2 aromatic rings. The highest BCUT2D eigenvalue weighted by Crippen LogP contribution is 2.15. The van der Waals surface area contributed by atoms with Gasteiger partial charge in [-0.2, -0.15) is 0 Å². The number of aromatic nitrogens is 1. The Morgan fingerprint density at radius 3 is 2.39 bits per heavy atom. The van der Waals surface area contributed by atoms with Gasteiger partial charge < -0.3 is 28.7 Å². The molecule has 0 radical (unpaired) electrons. The maximum Gasteiger partial charge on any atom is 0.193 e. The Morgan fingerprint density at radius 2 is 1.78 bits per heavy atom. The van der Waals surface area contributed by atoms with Gasteiger partial charge in [-0.15, -0.1) is 0 Å². The number of pyridine rings is 1. The third-order valence-corrected chi connectivity index (χ3v) is 2.57. The molecule has 0 bridgehead atoms. The van der Waals surface area contributed by atoms with Crippen molar-refractivity contribution < 1.29 is 38.1 Å². The molecule has 3 nitrogen and oxygen atoms in total. The van der Waals surface area contributed by atoms with Crippen LogP contribution in [-0.2, 0) is 7.05 Å². The predicted octanol–water partition coefficient (Wildman–Crippen LogP) is -1.25. The zero-order valence-corrected chi connectivity index (χ0v) is 12.4. The molecule has 1 heterocycles. The summed E-state index contributed by atoms with van der Waals surface area (Å²) in [6, 6.07) is 10.8. The van der Waals surface area contributed by atoms with Gasteiger partial charge in [0.2, 0.25) is 0 Å². The van der Waals surface area contributed by atoms with E-state index in [9.17, 15) is 4.79 Å². The average molecular weight is 355 g/mol. The number of ether oxygens (including phenoxy) is 1. The zero-order valence-electron chi connectivity index (χ0n) is 10.3. The Morgan fingerprint density at radius 1 is 1.11 bits per heavy atom. The van der Waals surface area contributed by atoms with Gasteiger partial charge in [0.05, 0.1) is 7.11 Å². The predicted molar refractivity (Wildman–Crippen MR) is 64.0 cm³/mol. The van der Waals surface area contributed by atoms with Crippen LogP contribution in [0, 0.1) is 0 Å².